The zero-order chi connectivity index (χ0) is 40.0. The van der Waals surface area contributed by atoms with Gasteiger partial charge < -0.3 is 25.2 Å². The Balaban J connectivity index is 4.36. The van der Waals surface area contributed by atoms with Gasteiger partial charge in [0.15, 0.2) is 6.10 Å². The predicted molar refractivity (Wildman–Crippen MR) is 217 cm³/mol. The molecular formula is C42H78NO10P. The van der Waals surface area contributed by atoms with Crippen LogP contribution >= 0.6 is 7.82 Å². The third-order valence-corrected chi connectivity index (χ3v) is 10.2. The molecule has 0 aliphatic carbocycles. The molecule has 3 unspecified atom stereocenters. The lowest BCUT2D eigenvalue weighted by Gasteiger charge is -2.20. The van der Waals surface area contributed by atoms with E-state index in [2.05, 4.69) is 42.7 Å². The molecule has 0 rings (SSSR count). The first-order valence-corrected chi connectivity index (χ1v) is 22.9. The fraction of sp³-hybridized carbons (Fsp3) is 0.833. The molecule has 0 heterocycles. The van der Waals surface area contributed by atoms with Gasteiger partial charge in [-0.15, -0.1) is 0 Å². The Bertz CT molecular complexity index is 1020. The summed E-state index contributed by atoms with van der Waals surface area (Å²) in [5, 5.41) is 8.88. The molecule has 4 N–H and O–H groups in total. The number of hydrogen-bond acceptors (Lipinski definition) is 9. The van der Waals surface area contributed by atoms with Crippen molar-refractivity contribution >= 4 is 25.7 Å². The van der Waals surface area contributed by atoms with Gasteiger partial charge in [0.1, 0.15) is 12.6 Å². The van der Waals surface area contributed by atoms with Crippen molar-refractivity contribution in [1.29, 1.82) is 0 Å². The third-order valence-electron chi connectivity index (χ3n) is 9.20. The van der Waals surface area contributed by atoms with E-state index >= 15 is 0 Å². The number of nitrogens with two attached hydrogens (primary N) is 1. The number of unbranched alkanes of at least 4 members (excludes halogenated alkanes) is 22. The molecule has 0 saturated heterocycles. The highest BCUT2D eigenvalue weighted by atomic mass is 31.2. The Hall–Kier alpha value is -2.04. The molecule has 0 aromatic carbocycles. The van der Waals surface area contributed by atoms with Gasteiger partial charge in [0.2, 0.25) is 0 Å². The van der Waals surface area contributed by atoms with Crippen LogP contribution < -0.4 is 5.73 Å². The summed E-state index contributed by atoms with van der Waals surface area (Å²) in [5.74, 6) is -2.39. The van der Waals surface area contributed by atoms with Crippen LogP contribution in [0.15, 0.2) is 24.3 Å². The topological polar surface area (TPSA) is 172 Å². The van der Waals surface area contributed by atoms with Gasteiger partial charge in [-0.2, -0.15) is 0 Å². The van der Waals surface area contributed by atoms with E-state index in [1.807, 2.05) is 0 Å². The van der Waals surface area contributed by atoms with E-state index in [0.717, 1.165) is 64.2 Å². The Morgan fingerprint density at radius 3 is 1.50 bits per heavy atom. The summed E-state index contributed by atoms with van der Waals surface area (Å²) < 4.78 is 32.7. The highest BCUT2D eigenvalue weighted by molar-refractivity contribution is 7.47. The Morgan fingerprint density at radius 2 is 1.00 bits per heavy atom. The molecule has 12 heteroatoms. The van der Waals surface area contributed by atoms with E-state index in [4.69, 9.17) is 24.8 Å². The fourth-order valence-corrected chi connectivity index (χ4v) is 6.57. The zero-order valence-electron chi connectivity index (χ0n) is 34.1. The van der Waals surface area contributed by atoms with E-state index in [9.17, 15) is 23.8 Å². The average molecular weight is 788 g/mol. The molecule has 0 aliphatic heterocycles. The van der Waals surface area contributed by atoms with Gasteiger partial charge in [0.25, 0.3) is 0 Å². The van der Waals surface area contributed by atoms with Gasteiger partial charge in [0, 0.05) is 12.8 Å². The molecule has 0 aliphatic rings. The van der Waals surface area contributed by atoms with Gasteiger partial charge in [0.05, 0.1) is 13.2 Å². The molecule has 0 amide bonds. The largest absolute Gasteiger partial charge is 0.480 e. The number of phosphoric acid groups is 1. The summed E-state index contributed by atoms with van der Waals surface area (Å²) in [6, 6.07) is -1.52. The van der Waals surface area contributed by atoms with Gasteiger partial charge in [-0.3, -0.25) is 23.4 Å². The van der Waals surface area contributed by atoms with Crippen molar-refractivity contribution in [2.45, 2.75) is 206 Å². The van der Waals surface area contributed by atoms with Crippen LogP contribution in [0.1, 0.15) is 194 Å². The molecule has 54 heavy (non-hydrogen) atoms. The molecule has 0 bridgehead atoms. The molecule has 11 nitrogen and oxygen atoms in total. The van der Waals surface area contributed by atoms with Gasteiger partial charge >= 0.3 is 25.7 Å². The molecular weight excluding hydrogens is 709 g/mol. The fourth-order valence-electron chi connectivity index (χ4n) is 5.79. The first kappa shape index (κ1) is 52.0. The highest BCUT2D eigenvalue weighted by Gasteiger charge is 2.28. The molecule has 0 aromatic rings. The minimum absolute atomic E-state index is 0.147. The van der Waals surface area contributed by atoms with Crippen molar-refractivity contribution in [3.05, 3.63) is 24.3 Å². The number of aliphatic carboxylic acids is 1. The van der Waals surface area contributed by atoms with Gasteiger partial charge in [-0.25, -0.2) is 4.57 Å². The summed E-state index contributed by atoms with van der Waals surface area (Å²) in [4.78, 5) is 45.9. The molecule has 0 fully saturated rings. The summed E-state index contributed by atoms with van der Waals surface area (Å²) in [5.41, 5.74) is 5.33. The third kappa shape index (κ3) is 36.9. The average Bonchev–Trinajstić information content (AvgIpc) is 3.14. The van der Waals surface area contributed by atoms with Crippen LogP contribution in [0.2, 0.25) is 0 Å². The normalized spacial score (nSPS) is 14.0. The van der Waals surface area contributed by atoms with Crippen molar-refractivity contribution in [3.63, 3.8) is 0 Å². The number of ether oxygens (including phenoxy) is 2. The number of phosphoric ester groups is 1. The lowest BCUT2D eigenvalue weighted by atomic mass is 10.0. The number of carbonyl (C=O) groups excluding carboxylic acids is 2. The van der Waals surface area contributed by atoms with E-state index in [0.29, 0.717) is 12.8 Å². The monoisotopic (exact) mass is 788 g/mol. The standard InChI is InChI=1S/C42H78NO10P/c1-3-5-7-9-11-13-15-17-19-20-22-23-25-27-29-31-33-40(44)50-35-38(36-51-54(48,49)52-37-39(43)42(46)47)53-41(45)34-32-30-28-26-24-21-18-16-14-12-10-8-6-4-2/h10,12,16,18,38-39H,3-9,11,13-15,17,19-37,43H2,1-2H3,(H,46,47)(H,48,49)/b12-10-,18-16-. The first-order valence-electron chi connectivity index (χ1n) is 21.4. The molecule has 0 aromatic heterocycles. The molecule has 3 atom stereocenters. The van der Waals surface area contributed by atoms with Crippen molar-refractivity contribution in [2.75, 3.05) is 19.8 Å². The number of rotatable bonds is 40. The van der Waals surface area contributed by atoms with Crippen molar-refractivity contribution < 1.29 is 47.5 Å². The second-order valence-electron chi connectivity index (χ2n) is 14.5. The maximum Gasteiger partial charge on any atom is 0.472 e. The van der Waals surface area contributed by atoms with Crippen molar-refractivity contribution in [3.8, 4) is 0 Å². The van der Waals surface area contributed by atoms with Crippen LogP contribution in [-0.2, 0) is 37.5 Å². The second kappa shape index (κ2) is 37.9. The Labute approximate surface area is 328 Å². The number of carbonyl (C=O) groups is 3. The van der Waals surface area contributed by atoms with Crippen LogP contribution in [0.25, 0.3) is 0 Å². The number of allylic oxidation sites excluding steroid dienone is 4. The number of hydrogen-bond donors (Lipinski definition) is 3. The zero-order valence-corrected chi connectivity index (χ0v) is 35.0. The van der Waals surface area contributed by atoms with Gasteiger partial charge in [-0.05, 0) is 38.5 Å². The number of esters is 2. The van der Waals surface area contributed by atoms with Crippen LogP contribution in [-0.4, -0.2) is 59.9 Å². The lowest BCUT2D eigenvalue weighted by Crippen LogP contribution is -2.34. The smallest absolute Gasteiger partial charge is 0.472 e. The summed E-state index contributed by atoms with van der Waals surface area (Å²) in [7, 11) is -4.71. The first-order chi connectivity index (χ1) is 26.1. The van der Waals surface area contributed by atoms with Crippen molar-refractivity contribution in [2.24, 2.45) is 5.73 Å². The van der Waals surface area contributed by atoms with E-state index in [1.165, 1.54) is 89.9 Å². The Morgan fingerprint density at radius 1 is 0.574 bits per heavy atom. The van der Waals surface area contributed by atoms with Crippen LogP contribution in [0.3, 0.4) is 0 Å². The minimum atomic E-state index is -4.71. The van der Waals surface area contributed by atoms with Gasteiger partial charge in [-0.1, -0.05) is 167 Å². The van der Waals surface area contributed by atoms with E-state index in [-0.39, 0.29) is 19.4 Å². The summed E-state index contributed by atoms with van der Waals surface area (Å²) in [6.07, 6.45) is 38.1. The molecule has 0 radical (unpaired) electrons. The van der Waals surface area contributed by atoms with Crippen LogP contribution in [0.5, 0.6) is 0 Å². The second-order valence-corrected chi connectivity index (χ2v) is 15.9. The lowest BCUT2D eigenvalue weighted by molar-refractivity contribution is -0.161. The maximum atomic E-state index is 12.6. The van der Waals surface area contributed by atoms with Crippen molar-refractivity contribution in [1.82, 2.24) is 0 Å². The highest BCUT2D eigenvalue weighted by Crippen LogP contribution is 2.43. The van der Waals surface area contributed by atoms with Crippen LogP contribution in [0.4, 0.5) is 0 Å². The molecule has 0 saturated carbocycles. The summed E-state index contributed by atoms with van der Waals surface area (Å²) in [6.45, 7) is 2.76. The Kier molecular flexibility index (Phi) is 36.4. The van der Waals surface area contributed by atoms with Crippen LogP contribution in [0, 0.1) is 0 Å². The molecule has 0 spiro atoms. The number of carboxylic acid groups (broad SMARTS) is 1. The van der Waals surface area contributed by atoms with E-state index < -0.39 is 51.1 Å². The maximum absolute atomic E-state index is 12.6. The summed E-state index contributed by atoms with van der Waals surface area (Å²) >= 11 is 0. The SMILES string of the molecule is CCCC/C=C\C/C=C\CCCCCCCC(=O)OC(COC(=O)CCCCCCCCCCCCCCCCCC)COP(=O)(O)OCC(N)C(=O)O. The number of carboxylic acids is 1. The van der Waals surface area contributed by atoms with E-state index in [1.54, 1.807) is 0 Å². The predicted octanol–water partition coefficient (Wildman–Crippen LogP) is 11.1. The minimum Gasteiger partial charge on any atom is -0.480 e. The molecule has 316 valence electrons. The quantitative estimate of drug-likeness (QED) is 0.0233.